The summed E-state index contributed by atoms with van der Waals surface area (Å²) >= 11 is 0. The van der Waals surface area contributed by atoms with E-state index in [0.29, 0.717) is 17.3 Å². The molecule has 22 heavy (non-hydrogen) atoms. The highest BCUT2D eigenvalue weighted by molar-refractivity contribution is 5.90. The second kappa shape index (κ2) is 6.86. The van der Waals surface area contributed by atoms with Crippen LogP contribution in [0.15, 0.2) is 35.8 Å². The highest BCUT2D eigenvalue weighted by atomic mass is 16.6. The molecule has 2 heterocycles. The van der Waals surface area contributed by atoms with Crippen molar-refractivity contribution in [2.75, 3.05) is 0 Å². The van der Waals surface area contributed by atoms with Gasteiger partial charge in [0, 0.05) is 0 Å². The van der Waals surface area contributed by atoms with Gasteiger partial charge in [0.25, 0.3) is 5.76 Å². The van der Waals surface area contributed by atoms with Gasteiger partial charge in [-0.2, -0.15) is 0 Å². The van der Waals surface area contributed by atoms with Crippen LogP contribution >= 0.6 is 0 Å². The summed E-state index contributed by atoms with van der Waals surface area (Å²) in [5.74, 6) is 1.55. The van der Waals surface area contributed by atoms with Crippen molar-refractivity contribution in [1.29, 1.82) is 0 Å². The normalized spacial score (nSPS) is 19.1. The second-order valence-corrected chi connectivity index (χ2v) is 5.79. The maximum absolute atomic E-state index is 11.9. The largest absolute Gasteiger partial charge is 0.450 e. The minimum atomic E-state index is -0.416. The van der Waals surface area contributed by atoms with Crippen LogP contribution < -0.4 is 9.47 Å². The number of ether oxygens (including phenoxy) is 3. The highest BCUT2D eigenvalue weighted by Crippen LogP contribution is 2.40. The van der Waals surface area contributed by atoms with Gasteiger partial charge in [-0.25, -0.2) is 4.79 Å². The van der Waals surface area contributed by atoms with Crippen LogP contribution in [0.1, 0.15) is 51.9 Å². The van der Waals surface area contributed by atoms with Crippen molar-refractivity contribution in [1.82, 2.24) is 0 Å². The Morgan fingerprint density at radius 2 is 1.64 bits per heavy atom. The number of hydrogen-bond donors (Lipinski definition) is 0. The summed E-state index contributed by atoms with van der Waals surface area (Å²) < 4.78 is 16.9. The summed E-state index contributed by atoms with van der Waals surface area (Å²) in [4.78, 5) is 11.9. The van der Waals surface area contributed by atoms with Gasteiger partial charge in [-0.15, -0.1) is 0 Å². The number of fused-ring (bicyclic) bond motifs is 1. The van der Waals surface area contributed by atoms with Crippen molar-refractivity contribution < 1.29 is 19.0 Å². The standard InChI is InChI=1S/C18H22O4/c1-2-3-4-5-6-7-12-15-16-17(18(19)22-15)21-14-11-9-8-10-13(14)20-16/h8-11,15H,2-7,12H2,1H3. The third-order valence-corrected chi connectivity index (χ3v) is 4.05. The van der Waals surface area contributed by atoms with Crippen LogP contribution in [0.3, 0.4) is 0 Å². The zero-order chi connectivity index (χ0) is 15.4. The van der Waals surface area contributed by atoms with Crippen LogP contribution in [0, 0.1) is 0 Å². The van der Waals surface area contributed by atoms with E-state index in [9.17, 15) is 4.79 Å². The predicted octanol–water partition coefficient (Wildman–Crippen LogP) is 4.35. The predicted molar refractivity (Wildman–Crippen MR) is 82.6 cm³/mol. The molecule has 2 aliphatic heterocycles. The van der Waals surface area contributed by atoms with Gasteiger partial charge in [0.15, 0.2) is 23.4 Å². The molecular weight excluding hydrogens is 280 g/mol. The van der Waals surface area contributed by atoms with E-state index in [1.807, 2.05) is 18.2 Å². The maximum Gasteiger partial charge on any atom is 0.378 e. The fourth-order valence-corrected chi connectivity index (χ4v) is 2.83. The van der Waals surface area contributed by atoms with E-state index in [1.165, 1.54) is 25.7 Å². The maximum atomic E-state index is 11.9. The van der Waals surface area contributed by atoms with Crippen LogP contribution in [-0.4, -0.2) is 12.1 Å². The van der Waals surface area contributed by atoms with Crippen molar-refractivity contribution in [2.24, 2.45) is 0 Å². The molecule has 1 aromatic rings. The molecule has 0 saturated heterocycles. The molecular formula is C18H22O4. The number of benzene rings is 1. The van der Waals surface area contributed by atoms with Crippen LogP contribution in [-0.2, 0) is 9.53 Å². The first-order valence-electron chi connectivity index (χ1n) is 8.19. The molecule has 0 bridgehead atoms. The van der Waals surface area contributed by atoms with E-state index < -0.39 is 5.97 Å². The summed E-state index contributed by atoms with van der Waals surface area (Å²) in [5.41, 5.74) is 0. The molecule has 1 aromatic carbocycles. The van der Waals surface area contributed by atoms with Gasteiger partial charge in [-0.05, 0) is 25.0 Å². The Kier molecular flexibility index (Phi) is 4.66. The van der Waals surface area contributed by atoms with Gasteiger partial charge in [-0.3, -0.25) is 0 Å². The molecule has 0 saturated carbocycles. The molecule has 4 nitrogen and oxygen atoms in total. The van der Waals surface area contributed by atoms with Crippen molar-refractivity contribution in [3.63, 3.8) is 0 Å². The topological polar surface area (TPSA) is 44.8 Å². The van der Waals surface area contributed by atoms with E-state index in [1.54, 1.807) is 6.07 Å². The van der Waals surface area contributed by atoms with E-state index in [0.717, 1.165) is 19.3 Å². The quantitative estimate of drug-likeness (QED) is 0.555. The second-order valence-electron chi connectivity index (χ2n) is 5.79. The highest BCUT2D eigenvalue weighted by Gasteiger charge is 2.41. The Hall–Kier alpha value is -1.97. The number of cyclic esters (lactones) is 1. The molecule has 0 fully saturated rings. The molecule has 0 amide bonds. The zero-order valence-corrected chi connectivity index (χ0v) is 13.0. The Bertz CT molecular complexity index is 576. The lowest BCUT2D eigenvalue weighted by molar-refractivity contribution is -0.142. The van der Waals surface area contributed by atoms with Gasteiger partial charge in [0.05, 0.1) is 0 Å². The molecule has 0 aromatic heterocycles. The average Bonchev–Trinajstić information content (AvgIpc) is 2.84. The molecule has 1 atom stereocenters. The molecule has 2 aliphatic rings. The molecule has 4 heteroatoms. The summed E-state index contributed by atoms with van der Waals surface area (Å²) in [6.45, 7) is 2.21. The number of para-hydroxylation sites is 2. The molecule has 0 N–H and O–H groups in total. The van der Waals surface area contributed by atoms with Gasteiger partial charge < -0.3 is 14.2 Å². The fourth-order valence-electron chi connectivity index (χ4n) is 2.83. The van der Waals surface area contributed by atoms with Crippen molar-refractivity contribution in [3.8, 4) is 11.5 Å². The molecule has 0 radical (unpaired) electrons. The molecule has 118 valence electrons. The Balaban J connectivity index is 1.57. The lowest BCUT2D eigenvalue weighted by atomic mass is 10.1. The first-order valence-corrected chi connectivity index (χ1v) is 8.19. The van der Waals surface area contributed by atoms with E-state index in [2.05, 4.69) is 6.92 Å². The first-order chi connectivity index (χ1) is 10.8. The van der Waals surface area contributed by atoms with E-state index in [-0.39, 0.29) is 11.9 Å². The third kappa shape index (κ3) is 3.11. The SMILES string of the molecule is CCCCCCCCC1OC(=O)C2=C1Oc1ccccc1O2. The Morgan fingerprint density at radius 3 is 2.41 bits per heavy atom. The lowest BCUT2D eigenvalue weighted by Gasteiger charge is -2.19. The number of rotatable bonds is 7. The van der Waals surface area contributed by atoms with Crippen LogP contribution in [0.2, 0.25) is 0 Å². The third-order valence-electron chi connectivity index (χ3n) is 4.05. The molecule has 3 rings (SSSR count). The number of esters is 1. The molecule has 0 aliphatic carbocycles. The molecule has 0 spiro atoms. The minimum absolute atomic E-state index is 0.217. The van der Waals surface area contributed by atoms with Gasteiger partial charge >= 0.3 is 5.97 Å². The van der Waals surface area contributed by atoms with Crippen molar-refractivity contribution in [3.05, 3.63) is 35.8 Å². The average molecular weight is 302 g/mol. The van der Waals surface area contributed by atoms with E-state index in [4.69, 9.17) is 14.2 Å². The van der Waals surface area contributed by atoms with Crippen LogP contribution in [0.25, 0.3) is 0 Å². The summed E-state index contributed by atoms with van der Waals surface area (Å²) in [6, 6.07) is 7.35. The van der Waals surface area contributed by atoms with Crippen LogP contribution in [0.4, 0.5) is 0 Å². The van der Waals surface area contributed by atoms with Gasteiger partial charge in [0.2, 0.25) is 0 Å². The Labute approximate surface area is 131 Å². The fraction of sp³-hybridized carbons (Fsp3) is 0.500. The Morgan fingerprint density at radius 1 is 0.955 bits per heavy atom. The number of unbranched alkanes of at least 4 members (excludes halogenated alkanes) is 5. The minimum Gasteiger partial charge on any atom is -0.450 e. The zero-order valence-electron chi connectivity index (χ0n) is 13.0. The monoisotopic (exact) mass is 302 g/mol. The lowest BCUT2D eigenvalue weighted by Crippen LogP contribution is -2.17. The first kappa shape index (κ1) is 14.9. The number of carbonyl (C=O) groups excluding carboxylic acids is 1. The van der Waals surface area contributed by atoms with Crippen molar-refractivity contribution in [2.45, 2.75) is 58.0 Å². The van der Waals surface area contributed by atoms with Crippen LogP contribution in [0.5, 0.6) is 11.5 Å². The summed E-state index contributed by atoms with van der Waals surface area (Å²) in [7, 11) is 0. The van der Waals surface area contributed by atoms with Gasteiger partial charge in [0.1, 0.15) is 0 Å². The van der Waals surface area contributed by atoms with E-state index >= 15 is 0 Å². The molecule has 1 unspecified atom stereocenters. The van der Waals surface area contributed by atoms with Gasteiger partial charge in [-0.1, -0.05) is 51.2 Å². The summed E-state index contributed by atoms with van der Waals surface area (Å²) in [6.07, 6.45) is 7.74. The summed E-state index contributed by atoms with van der Waals surface area (Å²) in [5, 5.41) is 0. The smallest absolute Gasteiger partial charge is 0.378 e. The van der Waals surface area contributed by atoms with Crippen molar-refractivity contribution >= 4 is 5.97 Å². The number of hydrogen-bond acceptors (Lipinski definition) is 4. The number of carbonyl (C=O) groups is 1.